The molecule has 4 heterocycles. The van der Waals surface area contributed by atoms with E-state index in [1.165, 1.54) is 44.2 Å². The largest absolute Gasteiger partial charge is 0.497 e. The molecule has 14 nitrogen and oxygen atoms in total. The molecule has 0 aliphatic carbocycles. The van der Waals surface area contributed by atoms with Crippen molar-refractivity contribution < 1.29 is 44.6 Å². The standard InChI is InChI=1S/2C22H24FN3O4S2/c1-29-19-5-8-21(30-2)16(14-19)13-18-15-31-22(24-18)25-9-11-26(12-10-25)32(27,28)20-6-3-17(23)4-7-20;1-29-19-6-3-16(21(14-19)30-2)13-18-15-31-22(24-18)25-9-11-26(12-10-25)32(27,28)20-7-4-17(23)5-8-20/h2*3-8,14-15H,9-13H2,1-2H3. The van der Waals surface area contributed by atoms with Crippen molar-refractivity contribution in [3.05, 3.63) is 130 Å². The summed E-state index contributed by atoms with van der Waals surface area (Å²) < 4.78 is 102. The maximum absolute atomic E-state index is 13.1. The lowest BCUT2D eigenvalue weighted by atomic mass is 10.1. The Morgan fingerprint density at radius 1 is 0.516 bits per heavy atom. The quantitative estimate of drug-likeness (QED) is 0.113. The van der Waals surface area contributed by atoms with Gasteiger partial charge in [-0.15, -0.1) is 22.7 Å². The predicted octanol–water partition coefficient (Wildman–Crippen LogP) is 6.80. The van der Waals surface area contributed by atoms with Crippen LogP contribution in [0.4, 0.5) is 19.0 Å². The maximum Gasteiger partial charge on any atom is 0.243 e. The van der Waals surface area contributed by atoms with Crippen LogP contribution in [0, 0.1) is 11.6 Å². The van der Waals surface area contributed by atoms with E-state index in [1.807, 2.05) is 47.2 Å². The van der Waals surface area contributed by atoms with Crippen LogP contribution in [0.25, 0.3) is 0 Å². The monoisotopic (exact) mass is 954 g/mol. The minimum absolute atomic E-state index is 0.108. The molecule has 0 bridgehead atoms. The van der Waals surface area contributed by atoms with E-state index in [0.29, 0.717) is 65.2 Å². The highest BCUT2D eigenvalue weighted by molar-refractivity contribution is 7.89. The van der Waals surface area contributed by atoms with Crippen molar-refractivity contribution in [3.63, 3.8) is 0 Å². The Morgan fingerprint density at radius 2 is 0.938 bits per heavy atom. The topological polar surface area (TPSA) is 144 Å². The van der Waals surface area contributed by atoms with Gasteiger partial charge in [-0.2, -0.15) is 8.61 Å². The molecule has 340 valence electrons. The molecule has 2 aliphatic rings. The first-order valence-corrected chi connectivity index (χ1v) is 24.8. The van der Waals surface area contributed by atoms with Crippen LogP contribution >= 0.6 is 22.7 Å². The molecule has 64 heavy (non-hydrogen) atoms. The average molecular weight is 955 g/mol. The summed E-state index contributed by atoms with van der Waals surface area (Å²) in [6.07, 6.45) is 1.23. The number of aromatic nitrogens is 2. The third kappa shape index (κ3) is 10.9. The Morgan fingerprint density at radius 3 is 1.38 bits per heavy atom. The Bertz CT molecular complexity index is 2720. The fourth-order valence-electron chi connectivity index (χ4n) is 7.20. The molecule has 6 aromatic rings. The number of halogens is 2. The van der Waals surface area contributed by atoms with Gasteiger partial charge in [0.2, 0.25) is 20.0 Å². The van der Waals surface area contributed by atoms with E-state index >= 15 is 0 Å². The highest BCUT2D eigenvalue weighted by Gasteiger charge is 2.31. The number of nitrogens with zero attached hydrogens (tertiary/aromatic N) is 6. The van der Waals surface area contributed by atoms with Crippen LogP contribution in [0.2, 0.25) is 0 Å². The molecular weight excluding hydrogens is 907 g/mol. The molecular formula is C44H48F2N6O8S4. The molecule has 4 aromatic carbocycles. The van der Waals surface area contributed by atoms with Gasteiger partial charge < -0.3 is 28.7 Å². The molecule has 2 aromatic heterocycles. The van der Waals surface area contributed by atoms with Crippen molar-refractivity contribution in [1.82, 2.24) is 18.6 Å². The second kappa shape index (κ2) is 20.6. The fraction of sp³-hybridized carbons (Fsp3) is 0.318. The number of thiazole rings is 2. The van der Waals surface area contributed by atoms with E-state index in [1.54, 1.807) is 39.8 Å². The molecule has 0 saturated carbocycles. The van der Waals surface area contributed by atoms with Gasteiger partial charge in [-0.25, -0.2) is 35.6 Å². The molecule has 0 atom stereocenters. The van der Waals surface area contributed by atoms with Crippen molar-refractivity contribution in [2.75, 3.05) is 90.6 Å². The molecule has 2 aliphatic heterocycles. The Kier molecular flexibility index (Phi) is 15.0. The van der Waals surface area contributed by atoms with Crippen LogP contribution in [0.1, 0.15) is 22.5 Å². The summed E-state index contributed by atoms with van der Waals surface area (Å²) >= 11 is 3.08. The summed E-state index contributed by atoms with van der Waals surface area (Å²) in [7, 11) is -0.762. The molecule has 0 N–H and O–H groups in total. The summed E-state index contributed by atoms with van der Waals surface area (Å²) in [5, 5.41) is 5.75. The van der Waals surface area contributed by atoms with E-state index in [0.717, 1.165) is 80.0 Å². The summed E-state index contributed by atoms with van der Waals surface area (Å²) in [5.74, 6) is 2.10. The van der Waals surface area contributed by atoms with Gasteiger partial charge in [0.05, 0.1) is 49.6 Å². The van der Waals surface area contributed by atoms with Gasteiger partial charge in [0, 0.05) is 93.2 Å². The van der Waals surface area contributed by atoms with Gasteiger partial charge in [-0.05, 0) is 72.8 Å². The molecule has 0 amide bonds. The lowest BCUT2D eigenvalue weighted by molar-refractivity contribution is 0.384. The van der Waals surface area contributed by atoms with Crippen molar-refractivity contribution in [3.8, 4) is 23.0 Å². The van der Waals surface area contributed by atoms with Gasteiger partial charge in [-0.1, -0.05) is 6.07 Å². The number of sulfonamides is 2. The van der Waals surface area contributed by atoms with Gasteiger partial charge in [0.1, 0.15) is 34.6 Å². The summed E-state index contributed by atoms with van der Waals surface area (Å²) in [4.78, 5) is 13.9. The van der Waals surface area contributed by atoms with Crippen molar-refractivity contribution >= 4 is 53.0 Å². The van der Waals surface area contributed by atoms with Gasteiger partial charge >= 0.3 is 0 Å². The zero-order valence-electron chi connectivity index (χ0n) is 35.6. The normalized spacial score (nSPS) is 15.0. The third-order valence-corrected chi connectivity index (χ3v) is 16.5. The molecule has 2 fully saturated rings. The first kappa shape index (κ1) is 46.6. The number of ether oxygens (including phenoxy) is 4. The van der Waals surface area contributed by atoms with E-state index in [9.17, 15) is 25.6 Å². The lowest BCUT2D eigenvalue weighted by Crippen LogP contribution is -2.48. The van der Waals surface area contributed by atoms with Crippen LogP contribution in [0.3, 0.4) is 0 Å². The fourth-order valence-corrected chi connectivity index (χ4v) is 11.8. The predicted molar refractivity (Wildman–Crippen MR) is 244 cm³/mol. The number of anilines is 2. The second-order valence-corrected chi connectivity index (χ2v) is 20.2. The lowest BCUT2D eigenvalue weighted by Gasteiger charge is -2.33. The summed E-state index contributed by atoms with van der Waals surface area (Å²) in [6.45, 7) is 3.54. The number of piperazine rings is 2. The van der Waals surface area contributed by atoms with Crippen LogP contribution < -0.4 is 28.7 Å². The molecule has 0 radical (unpaired) electrons. The van der Waals surface area contributed by atoms with Crippen LogP contribution in [-0.4, -0.2) is 116 Å². The maximum atomic E-state index is 13.1. The minimum atomic E-state index is -3.64. The highest BCUT2D eigenvalue weighted by atomic mass is 32.2. The molecule has 0 spiro atoms. The number of hydrogen-bond donors (Lipinski definition) is 0. The van der Waals surface area contributed by atoms with E-state index < -0.39 is 31.7 Å². The van der Waals surface area contributed by atoms with Crippen LogP contribution in [-0.2, 0) is 32.9 Å². The number of methoxy groups -OCH3 is 4. The second-order valence-electron chi connectivity index (χ2n) is 14.6. The van der Waals surface area contributed by atoms with E-state index in [-0.39, 0.29) is 9.79 Å². The Hall–Kier alpha value is -5.38. The van der Waals surface area contributed by atoms with Crippen LogP contribution in [0.15, 0.2) is 105 Å². The Labute approximate surface area is 380 Å². The van der Waals surface area contributed by atoms with Crippen molar-refractivity contribution in [2.24, 2.45) is 0 Å². The first-order valence-electron chi connectivity index (χ1n) is 20.1. The third-order valence-electron chi connectivity index (χ3n) is 10.7. The SMILES string of the molecule is COc1ccc(Cc2csc(N3CCN(S(=O)(=O)c4ccc(F)cc4)CC3)n2)c(OC)c1.COc1ccc(OC)c(Cc2csc(N3CCN(S(=O)(=O)c4ccc(F)cc4)CC3)n2)c1. The van der Waals surface area contributed by atoms with Crippen molar-refractivity contribution in [1.29, 1.82) is 0 Å². The minimum Gasteiger partial charge on any atom is -0.497 e. The highest BCUT2D eigenvalue weighted by Crippen LogP contribution is 2.32. The van der Waals surface area contributed by atoms with E-state index in [2.05, 4.69) is 9.80 Å². The zero-order chi connectivity index (χ0) is 45.4. The first-order chi connectivity index (χ1) is 30.8. The van der Waals surface area contributed by atoms with Crippen molar-refractivity contribution in [2.45, 2.75) is 22.6 Å². The van der Waals surface area contributed by atoms with Crippen LogP contribution in [0.5, 0.6) is 23.0 Å². The van der Waals surface area contributed by atoms with Gasteiger partial charge in [0.15, 0.2) is 10.3 Å². The Balaban J connectivity index is 0.000000191. The molecule has 2 saturated heterocycles. The number of hydrogen-bond acceptors (Lipinski definition) is 14. The smallest absolute Gasteiger partial charge is 0.243 e. The summed E-state index contributed by atoms with van der Waals surface area (Å²) in [5.41, 5.74) is 3.84. The summed E-state index contributed by atoms with van der Waals surface area (Å²) in [6, 6.07) is 21.3. The molecule has 8 rings (SSSR count). The molecule has 0 unspecified atom stereocenters. The zero-order valence-corrected chi connectivity index (χ0v) is 38.9. The molecule has 20 heteroatoms. The average Bonchev–Trinajstić information content (AvgIpc) is 4.00. The van der Waals surface area contributed by atoms with Gasteiger partial charge in [-0.3, -0.25) is 0 Å². The van der Waals surface area contributed by atoms with E-state index in [4.69, 9.17) is 28.9 Å². The number of rotatable bonds is 14. The van der Waals surface area contributed by atoms with Gasteiger partial charge in [0.25, 0.3) is 0 Å². The number of benzene rings is 4.